The van der Waals surface area contributed by atoms with Crippen LogP contribution in [-0.2, 0) is 0 Å². The quantitative estimate of drug-likeness (QED) is 0.789. The molecular weight excluding hydrogens is 232 g/mol. The van der Waals surface area contributed by atoms with Gasteiger partial charge in [-0.3, -0.25) is 4.90 Å². The highest BCUT2D eigenvalue weighted by Crippen LogP contribution is 2.41. The van der Waals surface area contributed by atoms with E-state index in [4.69, 9.17) is 0 Å². The number of nitrogens with zero attached hydrogens (tertiary/aromatic N) is 1. The minimum atomic E-state index is 0.801. The molecular formula is C17H32N2. The van der Waals surface area contributed by atoms with Crippen molar-refractivity contribution in [3.8, 4) is 0 Å². The molecule has 1 aliphatic carbocycles. The van der Waals surface area contributed by atoms with Gasteiger partial charge in [0.1, 0.15) is 0 Å². The summed E-state index contributed by atoms with van der Waals surface area (Å²) in [6, 6.07) is 3.47. The first-order chi connectivity index (χ1) is 9.31. The Balaban J connectivity index is 1.66. The molecule has 1 saturated carbocycles. The average molecular weight is 264 g/mol. The van der Waals surface area contributed by atoms with Gasteiger partial charge >= 0.3 is 0 Å². The Morgan fingerprint density at radius 1 is 1.05 bits per heavy atom. The fraction of sp³-hybridized carbons (Fsp3) is 1.00. The maximum absolute atomic E-state index is 3.72. The minimum Gasteiger partial charge on any atom is -0.314 e. The lowest BCUT2D eigenvalue weighted by Gasteiger charge is -2.52. The van der Waals surface area contributed by atoms with Crippen LogP contribution in [0.1, 0.15) is 71.6 Å². The van der Waals surface area contributed by atoms with Crippen LogP contribution in [0.25, 0.3) is 0 Å². The molecule has 0 radical (unpaired) electrons. The summed E-state index contributed by atoms with van der Waals surface area (Å²) in [5.41, 5.74) is 0. The molecule has 2 heteroatoms. The van der Waals surface area contributed by atoms with Crippen LogP contribution in [0.15, 0.2) is 0 Å². The van der Waals surface area contributed by atoms with Gasteiger partial charge < -0.3 is 5.32 Å². The minimum absolute atomic E-state index is 0.801. The average Bonchev–Trinajstić information content (AvgIpc) is 3.19. The largest absolute Gasteiger partial charge is 0.314 e. The molecule has 3 rings (SSSR count). The number of rotatable bonds is 6. The van der Waals surface area contributed by atoms with E-state index in [0.29, 0.717) is 0 Å². The molecule has 3 fully saturated rings. The van der Waals surface area contributed by atoms with E-state index < -0.39 is 0 Å². The van der Waals surface area contributed by atoms with Gasteiger partial charge in [-0.1, -0.05) is 33.1 Å². The van der Waals surface area contributed by atoms with E-state index in [9.17, 15) is 0 Å². The van der Waals surface area contributed by atoms with Gasteiger partial charge in [0.2, 0.25) is 0 Å². The zero-order valence-corrected chi connectivity index (χ0v) is 12.9. The third-order valence-corrected chi connectivity index (χ3v) is 5.72. The smallest absolute Gasteiger partial charge is 0.0116 e. The molecule has 0 aromatic carbocycles. The Hall–Kier alpha value is -0.0800. The maximum Gasteiger partial charge on any atom is 0.0116 e. The highest BCUT2D eigenvalue weighted by molar-refractivity contribution is 4.98. The maximum atomic E-state index is 3.72. The van der Waals surface area contributed by atoms with Gasteiger partial charge in [0.15, 0.2) is 0 Å². The molecule has 3 atom stereocenters. The highest BCUT2D eigenvalue weighted by Gasteiger charge is 2.41. The number of nitrogens with one attached hydrogen (secondary N) is 1. The van der Waals surface area contributed by atoms with Gasteiger partial charge in [0.05, 0.1) is 0 Å². The second-order valence-corrected chi connectivity index (χ2v) is 7.15. The van der Waals surface area contributed by atoms with Crippen LogP contribution in [0, 0.1) is 5.92 Å². The molecule has 2 saturated heterocycles. The molecule has 2 nitrogen and oxygen atoms in total. The summed E-state index contributed by atoms with van der Waals surface area (Å²) in [5.74, 6) is 1.08. The number of hydrogen-bond acceptors (Lipinski definition) is 2. The molecule has 1 N–H and O–H groups in total. The molecule has 0 amide bonds. The second kappa shape index (κ2) is 6.13. The van der Waals surface area contributed by atoms with Gasteiger partial charge in [-0.15, -0.1) is 0 Å². The first kappa shape index (κ1) is 13.9. The van der Waals surface area contributed by atoms with Crippen LogP contribution in [-0.4, -0.2) is 35.6 Å². The zero-order chi connectivity index (χ0) is 13.2. The van der Waals surface area contributed by atoms with Crippen molar-refractivity contribution in [2.24, 2.45) is 5.92 Å². The highest BCUT2D eigenvalue weighted by atomic mass is 15.2. The lowest BCUT2D eigenvalue weighted by molar-refractivity contribution is -0.0161. The molecule has 0 spiro atoms. The first-order valence-electron chi connectivity index (χ1n) is 8.82. The van der Waals surface area contributed by atoms with Crippen molar-refractivity contribution < 1.29 is 0 Å². The monoisotopic (exact) mass is 264 g/mol. The summed E-state index contributed by atoms with van der Waals surface area (Å²) in [6.45, 7) is 5.81. The van der Waals surface area contributed by atoms with E-state index in [-0.39, 0.29) is 0 Å². The van der Waals surface area contributed by atoms with Crippen molar-refractivity contribution in [3.05, 3.63) is 0 Å². The lowest BCUT2D eigenvalue weighted by Crippen LogP contribution is -2.59. The SMILES string of the molecule is CCNC1CC2CCCC(C1)N2C(CC)CC1CC1. The molecule has 0 aromatic heterocycles. The van der Waals surface area contributed by atoms with E-state index in [1.54, 1.807) is 0 Å². The fourth-order valence-electron chi connectivity index (χ4n) is 4.71. The second-order valence-electron chi connectivity index (χ2n) is 7.15. The first-order valence-corrected chi connectivity index (χ1v) is 8.82. The molecule has 2 heterocycles. The van der Waals surface area contributed by atoms with Crippen molar-refractivity contribution in [3.63, 3.8) is 0 Å². The van der Waals surface area contributed by atoms with Crippen molar-refractivity contribution in [1.29, 1.82) is 0 Å². The normalized spacial score (nSPS) is 37.3. The van der Waals surface area contributed by atoms with Crippen molar-refractivity contribution in [2.75, 3.05) is 6.54 Å². The van der Waals surface area contributed by atoms with Crippen LogP contribution < -0.4 is 5.32 Å². The molecule has 2 aliphatic heterocycles. The van der Waals surface area contributed by atoms with Crippen LogP contribution >= 0.6 is 0 Å². The van der Waals surface area contributed by atoms with E-state index in [0.717, 1.165) is 36.6 Å². The van der Waals surface area contributed by atoms with Crippen LogP contribution in [0.4, 0.5) is 0 Å². The van der Waals surface area contributed by atoms with E-state index in [1.807, 2.05) is 0 Å². The van der Waals surface area contributed by atoms with Gasteiger partial charge in [-0.25, -0.2) is 0 Å². The van der Waals surface area contributed by atoms with Gasteiger partial charge in [-0.05, 0) is 51.0 Å². The Morgan fingerprint density at radius 2 is 1.74 bits per heavy atom. The van der Waals surface area contributed by atoms with Gasteiger partial charge in [0.25, 0.3) is 0 Å². The predicted molar refractivity (Wildman–Crippen MR) is 81.4 cm³/mol. The number of hydrogen-bond donors (Lipinski definition) is 1. The summed E-state index contributed by atoms with van der Waals surface area (Å²) >= 11 is 0. The summed E-state index contributed by atoms with van der Waals surface area (Å²) in [7, 11) is 0. The molecule has 3 unspecified atom stereocenters. The van der Waals surface area contributed by atoms with E-state index in [2.05, 4.69) is 24.1 Å². The Bertz CT molecular complexity index is 273. The van der Waals surface area contributed by atoms with Gasteiger partial charge in [0, 0.05) is 24.2 Å². The number of fused-ring (bicyclic) bond motifs is 2. The number of piperidine rings is 2. The summed E-state index contributed by atoms with van der Waals surface area (Å²) < 4.78 is 0. The molecule has 3 aliphatic rings. The van der Waals surface area contributed by atoms with Crippen LogP contribution in [0.5, 0.6) is 0 Å². The van der Waals surface area contributed by atoms with Crippen molar-refractivity contribution in [1.82, 2.24) is 10.2 Å². The van der Waals surface area contributed by atoms with Crippen molar-refractivity contribution in [2.45, 2.75) is 95.8 Å². The van der Waals surface area contributed by atoms with Crippen LogP contribution in [0.2, 0.25) is 0 Å². The van der Waals surface area contributed by atoms with Crippen molar-refractivity contribution >= 4 is 0 Å². The third-order valence-electron chi connectivity index (χ3n) is 5.72. The third kappa shape index (κ3) is 3.16. The van der Waals surface area contributed by atoms with Crippen LogP contribution in [0.3, 0.4) is 0 Å². The molecule has 2 bridgehead atoms. The fourth-order valence-corrected chi connectivity index (χ4v) is 4.71. The summed E-state index contributed by atoms with van der Waals surface area (Å²) in [5, 5.41) is 3.72. The lowest BCUT2D eigenvalue weighted by atomic mass is 9.79. The summed E-state index contributed by atoms with van der Waals surface area (Å²) in [6.07, 6.45) is 13.1. The van der Waals surface area contributed by atoms with E-state index >= 15 is 0 Å². The van der Waals surface area contributed by atoms with Gasteiger partial charge in [-0.2, -0.15) is 0 Å². The Morgan fingerprint density at radius 3 is 2.26 bits per heavy atom. The molecule has 110 valence electrons. The van der Waals surface area contributed by atoms with E-state index in [1.165, 1.54) is 57.8 Å². The molecule has 19 heavy (non-hydrogen) atoms. The zero-order valence-electron chi connectivity index (χ0n) is 12.9. The Kier molecular flexibility index (Phi) is 4.48. The Labute approximate surface area is 119 Å². The summed E-state index contributed by atoms with van der Waals surface area (Å²) in [4.78, 5) is 2.98. The molecule has 0 aromatic rings. The topological polar surface area (TPSA) is 15.3 Å². The predicted octanol–water partition coefficient (Wildman–Crippen LogP) is 3.56. The standard InChI is InChI=1S/C17H32N2/c1-3-15(10-13-8-9-13)19-16-6-5-7-17(19)12-14(11-16)18-4-2/h13-18H,3-12H2,1-2H3.